The zero-order valence-corrected chi connectivity index (χ0v) is 15.8. The molecule has 0 aliphatic carbocycles. The molecule has 3 heterocycles. The Morgan fingerprint density at radius 2 is 2.15 bits per heavy atom. The van der Waals surface area contributed by atoms with Gasteiger partial charge < -0.3 is 18.9 Å². The van der Waals surface area contributed by atoms with Crippen LogP contribution in [0.5, 0.6) is 5.75 Å². The van der Waals surface area contributed by atoms with Gasteiger partial charge in [-0.2, -0.15) is 0 Å². The van der Waals surface area contributed by atoms with E-state index >= 15 is 0 Å². The van der Waals surface area contributed by atoms with Crippen LogP contribution in [0.3, 0.4) is 0 Å². The van der Waals surface area contributed by atoms with Crippen LogP contribution in [-0.4, -0.2) is 22.4 Å². The molecule has 26 heavy (non-hydrogen) atoms. The number of hydrogen-bond acceptors (Lipinski definition) is 4. The zero-order chi connectivity index (χ0) is 18.3. The number of benzene rings is 1. The Hall–Kier alpha value is -2.80. The molecule has 0 spiro atoms. The lowest BCUT2D eigenvalue weighted by molar-refractivity contribution is 0.0924. The monoisotopic (exact) mass is 413 g/mol. The topological polar surface area (TPSA) is 68.8 Å². The van der Waals surface area contributed by atoms with Gasteiger partial charge in [0.2, 0.25) is 0 Å². The van der Waals surface area contributed by atoms with Gasteiger partial charge in [-0.05, 0) is 53.2 Å². The van der Waals surface area contributed by atoms with Gasteiger partial charge in [-0.25, -0.2) is 4.98 Å². The van der Waals surface area contributed by atoms with Crippen molar-refractivity contribution in [3.63, 3.8) is 0 Å². The first-order valence-electron chi connectivity index (χ1n) is 8.03. The van der Waals surface area contributed by atoms with Gasteiger partial charge in [0.05, 0.1) is 19.3 Å². The second-order valence-electron chi connectivity index (χ2n) is 5.95. The van der Waals surface area contributed by atoms with Crippen molar-refractivity contribution in [1.82, 2.24) is 14.7 Å². The second-order valence-corrected chi connectivity index (χ2v) is 6.86. The summed E-state index contributed by atoms with van der Waals surface area (Å²) in [6.07, 6.45) is 3.81. The van der Waals surface area contributed by atoms with E-state index in [1.54, 1.807) is 13.2 Å². The van der Waals surface area contributed by atoms with Crippen LogP contribution < -0.4 is 10.1 Å². The molecular formula is C19H16BrN3O3. The maximum Gasteiger partial charge on any atom is 0.287 e. The number of hydrogen-bond donors (Lipinski definition) is 1. The molecule has 0 radical (unpaired) electrons. The number of methoxy groups -OCH3 is 1. The summed E-state index contributed by atoms with van der Waals surface area (Å²) in [5, 5.41) is 3.74. The highest BCUT2D eigenvalue weighted by atomic mass is 79.9. The van der Waals surface area contributed by atoms with Gasteiger partial charge in [0.15, 0.2) is 5.76 Å². The lowest BCUT2D eigenvalue weighted by Gasteiger charge is -2.01. The molecule has 1 aromatic carbocycles. The van der Waals surface area contributed by atoms with Crippen LogP contribution in [0.1, 0.15) is 21.8 Å². The van der Waals surface area contributed by atoms with E-state index in [2.05, 4.69) is 26.2 Å². The number of nitrogens with zero attached hydrogens (tertiary/aromatic N) is 2. The van der Waals surface area contributed by atoms with E-state index in [9.17, 15) is 4.79 Å². The number of aryl methyl sites for hydroxylation is 1. The minimum Gasteiger partial charge on any atom is -0.497 e. The number of nitrogens with one attached hydrogen (secondary N) is 1. The van der Waals surface area contributed by atoms with Gasteiger partial charge in [-0.1, -0.05) is 0 Å². The molecule has 1 amide bonds. The van der Waals surface area contributed by atoms with Crippen molar-refractivity contribution < 1.29 is 13.9 Å². The van der Waals surface area contributed by atoms with Gasteiger partial charge in [0, 0.05) is 27.8 Å². The third kappa shape index (κ3) is 2.94. The average molecular weight is 414 g/mol. The van der Waals surface area contributed by atoms with Crippen molar-refractivity contribution in [3.05, 3.63) is 64.2 Å². The predicted octanol–water partition coefficient (Wildman–Crippen LogP) is 4.09. The largest absolute Gasteiger partial charge is 0.497 e. The zero-order valence-electron chi connectivity index (χ0n) is 14.2. The SMILES string of the molecule is COc1ccc2oc(C(=O)NCc3cn4cc(Br)ccc4n3)c(C)c2c1. The summed E-state index contributed by atoms with van der Waals surface area (Å²) in [6, 6.07) is 9.31. The van der Waals surface area contributed by atoms with Crippen LogP contribution in [0.15, 0.2) is 51.6 Å². The number of carbonyl (C=O) groups is 1. The van der Waals surface area contributed by atoms with Crippen LogP contribution in [0.4, 0.5) is 0 Å². The van der Waals surface area contributed by atoms with Gasteiger partial charge in [-0.3, -0.25) is 4.79 Å². The van der Waals surface area contributed by atoms with Crippen LogP contribution in [0, 0.1) is 6.92 Å². The maximum atomic E-state index is 12.6. The number of fused-ring (bicyclic) bond motifs is 2. The minimum atomic E-state index is -0.268. The van der Waals surface area contributed by atoms with Crippen molar-refractivity contribution in [3.8, 4) is 5.75 Å². The van der Waals surface area contributed by atoms with Crippen molar-refractivity contribution in [2.75, 3.05) is 7.11 Å². The summed E-state index contributed by atoms with van der Waals surface area (Å²) in [6.45, 7) is 2.18. The van der Waals surface area contributed by atoms with Crippen molar-refractivity contribution in [2.45, 2.75) is 13.5 Å². The molecule has 0 atom stereocenters. The average Bonchev–Trinajstić information content (AvgIpc) is 3.19. The summed E-state index contributed by atoms with van der Waals surface area (Å²) < 4.78 is 13.8. The van der Waals surface area contributed by atoms with Crippen LogP contribution in [0.2, 0.25) is 0 Å². The quantitative estimate of drug-likeness (QED) is 0.546. The molecule has 0 aliphatic rings. The Morgan fingerprint density at radius 1 is 1.31 bits per heavy atom. The number of furan rings is 1. The number of ether oxygens (including phenoxy) is 1. The number of pyridine rings is 1. The lowest BCUT2D eigenvalue weighted by Crippen LogP contribution is -2.23. The van der Waals surface area contributed by atoms with Crippen LogP contribution in [-0.2, 0) is 6.54 Å². The Bertz CT molecular complexity index is 1130. The smallest absolute Gasteiger partial charge is 0.287 e. The van der Waals surface area contributed by atoms with Gasteiger partial charge in [0.1, 0.15) is 17.0 Å². The van der Waals surface area contributed by atoms with E-state index in [1.165, 1.54) is 0 Å². The molecule has 0 saturated heterocycles. The van der Waals surface area contributed by atoms with Crippen molar-refractivity contribution in [2.24, 2.45) is 0 Å². The number of aromatic nitrogens is 2. The predicted molar refractivity (Wildman–Crippen MR) is 102 cm³/mol. The molecule has 3 aromatic heterocycles. The van der Waals surface area contributed by atoms with Crippen molar-refractivity contribution in [1.29, 1.82) is 0 Å². The van der Waals surface area contributed by atoms with Crippen molar-refractivity contribution >= 4 is 38.5 Å². The molecule has 0 fully saturated rings. The van der Waals surface area contributed by atoms with E-state index in [-0.39, 0.29) is 5.91 Å². The maximum absolute atomic E-state index is 12.6. The fourth-order valence-corrected chi connectivity index (χ4v) is 3.25. The number of imidazole rings is 1. The molecule has 4 aromatic rings. The van der Waals surface area contributed by atoms with Gasteiger partial charge in [-0.15, -0.1) is 0 Å². The summed E-state index contributed by atoms with van der Waals surface area (Å²) in [5.41, 5.74) is 3.04. The normalized spacial score (nSPS) is 11.2. The molecule has 0 bridgehead atoms. The van der Waals surface area contributed by atoms with Gasteiger partial charge >= 0.3 is 0 Å². The second kappa shape index (κ2) is 6.49. The third-order valence-electron chi connectivity index (χ3n) is 4.24. The van der Waals surface area contributed by atoms with Crippen LogP contribution >= 0.6 is 15.9 Å². The Kier molecular flexibility index (Phi) is 4.16. The number of rotatable bonds is 4. The van der Waals surface area contributed by atoms with E-state index < -0.39 is 0 Å². The number of halogens is 1. The molecule has 6 nitrogen and oxygen atoms in total. The standard InChI is InChI=1S/C19H16BrN3O3/c1-11-15-7-14(25-2)4-5-16(15)26-18(11)19(24)21-8-13-10-23-9-12(20)3-6-17(23)22-13/h3-7,9-10H,8H2,1-2H3,(H,21,24). The summed E-state index contributed by atoms with van der Waals surface area (Å²) >= 11 is 3.43. The van der Waals surface area contributed by atoms with E-state index in [4.69, 9.17) is 9.15 Å². The van der Waals surface area contributed by atoms with E-state index in [0.29, 0.717) is 17.9 Å². The first-order valence-corrected chi connectivity index (χ1v) is 8.83. The molecule has 0 aliphatic heterocycles. The fraction of sp³-hybridized carbons (Fsp3) is 0.158. The molecule has 7 heteroatoms. The summed E-state index contributed by atoms with van der Waals surface area (Å²) in [4.78, 5) is 17.0. The van der Waals surface area contributed by atoms with Crippen LogP contribution in [0.25, 0.3) is 16.6 Å². The Morgan fingerprint density at radius 3 is 2.96 bits per heavy atom. The highest BCUT2D eigenvalue weighted by molar-refractivity contribution is 9.10. The van der Waals surface area contributed by atoms with Gasteiger partial charge in [0.25, 0.3) is 5.91 Å². The number of carbonyl (C=O) groups excluding carboxylic acids is 1. The first-order chi connectivity index (χ1) is 12.5. The minimum absolute atomic E-state index is 0.268. The molecule has 0 unspecified atom stereocenters. The molecule has 4 rings (SSSR count). The lowest BCUT2D eigenvalue weighted by atomic mass is 10.1. The van der Waals surface area contributed by atoms with E-state index in [1.807, 2.05) is 48.0 Å². The Labute approximate surface area is 157 Å². The van der Waals surface area contributed by atoms with E-state index in [0.717, 1.165) is 32.5 Å². The first kappa shape index (κ1) is 16.7. The molecular weight excluding hydrogens is 398 g/mol. The molecule has 132 valence electrons. The fourth-order valence-electron chi connectivity index (χ4n) is 2.90. The summed E-state index contributed by atoms with van der Waals surface area (Å²) in [7, 11) is 1.61. The molecule has 0 saturated carbocycles. The highest BCUT2D eigenvalue weighted by Gasteiger charge is 2.18. The number of amides is 1. The Balaban J connectivity index is 1.55. The third-order valence-corrected chi connectivity index (χ3v) is 4.71. The highest BCUT2D eigenvalue weighted by Crippen LogP contribution is 2.28. The molecule has 1 N–H and O–H groups in total. The summed E-state index contributed by atoms with van der Waals surface area (Å²) in [5.74, 6) is 0.764.